The Labute approximate surface area is 37.4 Å². The van der Waals surface area contributed by atoms with E-state index in [1.807, 2.05) is 0 Å². The molecule has 0 aliphatic carbocycles. The second-order valence-corrected chi connectivity index (χ2v) is 0.744. The van der Waals surface area contributed by atoms with Gasteiger partial charge in [-0.1, -0.05) is 0 Å². The van der Waals surface area contributed by atoms with Gasteiger partial charge in [0.1, 0.15) is 12.5 Å². The second-order valence-electron chi connectivity index (χ2n) is 0.744. The SMILES string of the molecule is CO/C=C/OC. The summed E-state index contributed by atoms with van der Waals surface area (Å²) in [4.78, 5) is 0. The van der Waals surface area contributed by atoms with Crippen LogP contribution in [0.3, 0.4) is 0 Å². The van der Waals surface area contributed by atoms with E-state index in [0.717, 1.165) is 0 Å². The van der Waals surface area contributed by atoms with Crippen LogP contribution in [0.5, 0.6) is 0 Å². The molecule has 0 radical (unpaired) electrons. The summed E-state index contributed by atoms with van der Waals surface area (Å²) in [6.07, 6.45) is 2.92. The van der Waals surface area contributed by atoms with Crippen molar-refractivity contribution < 1.29 is 9.47 Å². The molecule has 0 heterocycles. The van der Waals surface area contributed by atoms with Crippen LogP contribution < -0.4 is 0 Å². The maximum Gasteiger partial charge on any atom is 0.117 e. The largest absolute Gasteiger partial charge is 0.501 e. The zero-order chi connectivity index (χ0) is 4.83. The molecule has 0 atom stereocenters. The van der Waals surface area contributed by atoms with Gasteiger partial charge in [0.25, 0.3) is 0 Å². The monoisotopic (exact) mass is 88.1 g/mol. The molecule has 0 spiro atoms. The van der Waals surface area contributed by atoms with E-state index in [1.54, 1.807) is 14.2 Å². The highest BCUT2D eigenvalue weighted by molar-refractivity contribution is 4.56. The topological polar surface area (TPSA) is 18.5 Å². The van der Waals surface area contributed by atoms with Crippen LogP contribution in [0, 0.1) is 0 Å². The number of hydrogen-bond donors (Lipinski definition) is 0. The maximum atomic E-state index is 4.48. The van der Waals surface area contributed by atoms with Crippen LogP contribution in [0.1, 0.15) is 0 Å². The highest BCUT2D eigenvalue weighted by Crippen LogP contribution is 1.68. The van der Waals surface area contributed by atoms with Gasteiger partial charge in [0.2, 0.25) is 0 Å². The van der Waals surface area contributed by atoms with Crippen molar-refractivity contribution in [2.45, 2.75) is 0 Å². The summed E-state index contributed by atoms with van der Waals surface area (Å²) in [5.74, 6) is 0. The number of rotatable bonds is 2. The highest BCUT2D eigenvalue weighted by Gasteiger charge is 1.55. The first-order valence-corrected chi connectivity index (χ1v) is 1.62. The summed E-state index contributed by atoms with van der Waals surface area (Å²) in [5, 5.41) is 0. The molecule has 36 valence electrons. The molecule has 2 heteroatoms. The Morgan fingerprint density at radius 3 is 1.50 bits per heavy atom. The fourth-order valence-corrected chi connectivity index (χ4v) is 0.111. The standard InChI is InChI=1S/C4H8O2/c1-5-3-4-6-2/h3-4H,1-2H3/b4-3+. The highest BCUT2D eigenvalue weighted by atomic mass is 16.5. The van der Waals surface area contributed by atoms with E-state index < -0.39 is 0 Å². The molecule has 0 N–H and O–H groups in total. The minimum Gasteiger partial charge on any atom is -0.501 e. The number of hydrogen-bond acceptors (Lipinski definition) is 2. The third-order valence-corrected chi connectivity index (χ3v) is 0.328. The van der Waals surface area contributed by atoms with Gasteiger partial charge >= 0.3 is 0 Å². The van der Waals surface area contributed by atoms with Gasteiger partial charge in [0, 0.05) is 0 Å². The average molecular weight is 88.1 g/mol. The molecule has 0 aromatic heterocycles. The molecule has 0 unspecified atom stereocenters. The smallest absolute Gasteiger partial charge is 0.117 e. The summed E-state index contributed by atoms with van der Waals surface area (Å²) >= 11 is 0. The van der Waals surface area contributed by atoms with Crippen molar-refractivity contribution in [1.29, 1.82) is 0 Å². The van der Waals surface area contributed by atoms with Gasteiger partial charge in [0.05, 0.1) is 14.2 Å². The molecule has 0 saturated carbocycles. The minimum atomic E-state index is 1.46. The van der Waals surface area contributed by atoms with Gasteiger partial charge in [-0.2, -0.15) is 0 Å². The Morgan fingerprint density at radius 1 is 1.00 bits per heavy atom. The maximum absolute atomic E-state index is 4.48. The lowest BCUT2D eigenvalue weighted by Crippen LogP contribution is -1.66. The first kappa shape index (κ1) is 5.34. The first-order chi connectivity index (χ1) is 2.91. The fourth-order valence-electron chi connectivity index (χ4n) is 0.111. The van der Waals surface area contributed by atoms with Gasteiger partial charge in [-0.25, -0.2) is 0 Å². The van der Waals surface area contributed by atoms with Gasteiger partial charge in [-0.3, -0.25) is 0 Å². The van der Waals surface area contributed by atoms with Crippen molar-refractivity contribution >= 4 is 0 Å². The molecule has 6 heavy (non-hydrogen) atoms. The number of ether oxygens (including phenoxy) is 2. The predicted molar refractivity (Wildman–Crippen MR) is 23.2 cm³/mol. The van der Waals surface area contributed by atoms with E-state index in [-0.39, 0.29) is 0 Å². The van der Waals surface area contributed by atoms with Crippen molar-refractivity contribution in [2.24, 2.45) is 0 Å². The van der Waals surface area contributed by atoms with Crippen LogP contribution in [-0.2, 0) is 9.47 Å². The van der Waals surface area contributed by atoms with Crippen LogP contribution in [0.4, 0.5) is 0 Å². The Balaban J connectivity index is 2.73. The Kier molecular flexibility index (Phi) is 3.86. The summed E-state index contributed by atoms with van der Waals surface area (Å²) in [6.45, 7) is 0. The van der Waals surface area contributed by atoms with Crippen LogP contribution >= 0.6 is 0 Å². The minimum absolute atomic E-state index is 1.46. The molecule has 0 aromatic rings. The second kappa shape index (κ2) is 4.34. The fraction of sp³-hybridized carbons (Fsp3) is 0.500. The molecular weight excluding hydrogens is 80.0 g/mol. The Morgan fingerprint density at radius 2 is 1.33 bits per heavy atom. The summed E-state index contributed by atoms with van der Waals surface area (Å²) < 4.78 is 8.95. The molecule has 0 aliphatic heterocycles. The normalized spacial score (nSPS) is 9.00. The van der Waals surface area contributed by atoms with Gasteiger partial charge < -0.3 is 9.47 Å². The van der Waals surface area contributed by atoms with E-state index in [4.69, 9.17) is 0 Å². The van der Waals surface area contributed by atoms with Crippen molar-refractivity contribution in [3.63, 3.8) is 0 Å². The molecule has 0 bridgehead atoms. The Bertz CT molecular complexity index is 34.8. The number of methoxy groups -OCH3 is 2. The van der Waals surface area contributed by atoms with E-state index in [0.29, 0.717) is 0 Å². The van der Waals surface area contributed by atoms with E-state index in [2.05, 4.69) is 9.47 Å². The lowest BCUT2D eigenvalue weighted by molar-refractivity contribution is 0.284. The zero-order valence-electron chi connectivity index (χ0n) is 3.97. The Hall–Kier alpha value is -0.660. The first-order valence-electron chi connectivity index (χ1n) is 1.62. The van der Waals surface area contributed by atoms with Crippen molar-refractivity contribution in [3.05, 3.63) is 12.5 Å². The zero-order valence-corrected chi connectivity index (χ0v) is 3.97. The molecule has 0 amide bonds. The van der Waals surface area contributed by atoms with Crippen LogP contribution in [0.15, 0.2) is 12.5 Å². The van der Waals surface area contributed by atoms with E-state index >= 15 is 0 Å². The lowest BCUT2D eigenvalue weighted by atomic mass is 11.0. The van der Waals surface area contributed by atoms with Gasteiger partial charge in [-0.05, 0) is 0 Å². The van der Waals surface area contributed by atoms with Crippen LogP contribution in [0.2, 0.25) is 0 Å². The molecule has 2 nitrogen and oxygen atoms in total. The van der Waals surface area contributed by atoms with Crippen LogP contribution in [0.25, 0.3) is 0 Å². The summed E-state index contributed by atoms with van der Waals surface area (Å²) in [7, 11) is 3.13. The van der Waals surface area contributed by atoms with E-state index in [1.165, 1.54) is 12.5 Å². The average Bonchev–Trinajstić information content (AvgIpc) is 1.61. The van der Waals surface area contributed by atoms with Crippen molar-refractivity contribution in [2.75, 3.05) is 14.2 Å². The van der Waals surface area contributed by atoms with E-state index in [9.17, 15) is 0 Å². The van der Waals surface area contributed by atoms with Crippen molar-refractivity contribution in [3.8, 4) is 0 Å². The van der Waals surface area contributed by atoms with Crippen molar-refractivity contribution in [1.82, 2.24) is 0 Å². The summed E-state index contributed by atoms with van der Waals surface area (Å²) in [6, 6.07) is 0. The third-order valence-electron chi connectivity index (χ3n) is 0.328. The van der Waals surface area contributed by atoms with Crippen LogP contribution in [-0.4, -0.2) is 14.2 Å². The molecule has 0 rings (SSSR count). The quantitative estimate of drug-likeness (QED) is 0.464. The molecule has 0 fully saturated rings. The lowest BCUT2D eigenvalue weighted by Gasteiger charge is -1.83. The van der Waals surface area contributed by atoms with Gasteiger partial charge in [-0.15, -0.1) is 0 Å². The summed E-state index contributed by atoms with van der Waals surface area (Å²) in [5.41, 5.74) is 0. The predicted octanol–water partition coefficient (Wildman–Crippen LogP) is 0.750. The molecule has 0 aliphatic rings. The molecular formula is C4H8O2. The third kappa shape index (κ3) is 3.34. The molecule has 0 aromatic carbocycles. The van der Waals surface area contributed by atoms with Gasteiger partial charge in [0.15, 0.2) is 0 Å². The molecule has 0 saturated heterocycles.